The number of aromatic nitrogens is 1. The van der Waals surface area contributed by atoms with Gasteiger partial charge in [0.05, 0.1) is 10.5 Å². The van der Waals surface area contributed by atoms with Crippen molar-refractivity contribution >= 4 is 17.4 Å². The number of hydrogen-bond donors (Lipinski definition) is 2. The summed E-state index contributed by atoms with van der Waals surface area (Å²) in [6, 6.07) is 9.37. The number of anilines is 1. The number of nitrogens with one attached hydrogen (secondary N) is 2. The van der Waals surface area contributed by atoms with Crippen LogP contribution in [0.3, 0.4) is 0 Å². The molecular formula is C13H10N4O3. The first kappa shape index (κ1) is 12.1. The Morgan fingerprint density at radius 1 is 1.15 bits per heavy atom. The molecule has 1 aromatic heterocycles. The lowest BCUT2D eigenvalue weighted by atomic mass is 10.1. The smallest absolute Gasteiger partial charge is 0.269 e. The van der Waals surface area contributed by atoms with Crippen LogP contribution in [-0.2, 0) is 0 Å². The predicted octanol–water partition coefficient (Wildman–Crippen LogP) is 1.84. The molecule has 1 atom stereocenters. The monoisotopic (exact) mass is 270 g/mol. The van der Waals surface area contributed by atoms with Crippen LogP contribution in [0.4, 0.5) is 11.5 Å². The van der Waals surface area contributed by atoms with Gasteiger partial charge in [-0.15, -0.1) is 0 Å². The molecule has 1 aliphatic rings. The fourth-order valence-electron chi connectivity index (χ4n) is 2.04. The summed E-state index contributed by atoms with van der Waals surface area (Å²) < 4.78 is 0. The van der Waals surface area contributed by atoms with Gasteiger partial charge in [-0.1, -0.05) is 0 Å². The Bertz CT molecular complexity index is 684. The van der Waals surface area contributed by atoms with Gasteiger partial charge in [0.1, 0.15) is 12.0 Å². The number of hydrogen-bond acceptors (Lipinski definition) is 5. The second-order valence-corrected chi connectivity index (χ2v) is 4.30. The number of carbonyl (C=O) groups excluding carboxylic acids is 1. The second-order valence-electron chi connectivity index (χ2n) is 4.30. The van der Waals surface area contributed by atoms with Gasteiger partial charge in [0.25, 0.3) is 11.6 Å². The number of nitrogens with zero attached hydrogens (tertiary/aromatic N) is 2. The maximum atomic E-state index is 11.9. The summed E-state index contributed by atoms with van der Waals surface area (Å²) in [5, 5.41) is 16.5. The number of non-ortho nitro benzene ring substituents is 1. The van der Waals surface area contributed by atoms with E-state index in [9.17, 15) is 14.9 Å². The topological polar surface area (TPSA) is 97.2 Å². The summed E-state index contributed by atoms with van der Waals surface area (Å²) in [4.78, 5) is 26.2. The van der Waals surface area contributed by atoms with Crippen molar-refractivity contribution in [3.63, 3.8) is 0 Å². The minimum absolute atomic E-state index is 0.00871. The van der Waals surface area contributed by atoms with E-state index in [4.69, 9.17) is 0 Å². The first-order valence-electron chi connectivity index (χ1n) is 5.92. The lowest BCUT2D eigenvalue weighted by Gasteiger charge is -2.27. The fraction of sp³-hybridized carbons (Fsp3) is 0.0769. The molecule has 1 aliphatic heterocycles. The molecule has 7 heteroatoms. The molecule has 0 unspecified atom stereocenters. The molecule has 0 saturated heterocycles. The molecule has 2 heterocycles. The highest BCUT2D eigenvalue weighted by Gasteiger charge is 2.25. The van der Waals surface area contributed by atoms with Crippen molar-refractivity contribution in [2.24, 2.45) is 0 Å². The molecule has 2 aromatic rings. The third-order valence-corrected chi connectivity index (χ3v) is 3.05. The van der Waals surface area contributed by atoms with Gasteiger partial charge >= 0.3 is 0 Å². The van der Waals surface area contributed by atoms with Crippen LogP contribution in [0.2, 0.25) is 0 Å². The highest BCUT2D eigenvalue weighted by molar-refractivity contribution is 6.00. The molecule has 2 N–H and O–H groups in total. The summed E-state index contributed by atoms with van der Waals surface area (Å²) in [5.41, 5.74) is 1.21. The number of benzene rings is 1. The molecule has 1 aromatic carbocycles. The molecule has 20 heavy (non-hydrogen) atoms. The van der Waals surface area contributed by atoms with E-state index in [2.05, 4.69) is 15.6 Å². The number of pyridine rings is 1. The zero-order valence-electron chi connectivity index (χ0n) is 10.2. The third-order valence-electron chi connectivity index (χ3n) is 3.05. The van der Waals surface area contributed by atoms with E-state index >= 15 is 0 Å². The number of nitro benzene ring substituents is 1. The normalized spacial score (nSPS) is 16.8. The van der Waals surface area contributed by atoms with E-state index in [1.807, 2.05) is 0 Å². The second kappa shape index (κ2) is 4.61. The first-order valence-corrected chi connectivity index (χ1v) is 5.92. The average Bonchev–Trinajstić information content (AvgIpc) is 2.47. The van der Waals surface area contributed by atoms with Crippen LogP contribution in [-0.4, -0.2) is 15.8 Å². The van der Waals surface area contributed by atoms with Crippen molar-refractivity contribution < 1.29 is 9.72 Å². The van der Waals surface area contributed by atoms with Gasteiger partial charge in [0, 0.05) is 18.3 Å². The van der Waals surface area contributed by atoms with Crippen LogP contribution < -0.4 is 10.6 Å². The van der Waals surface area contributed by atoms with Crippen LogP contribution >= 0.6 is 0 Å². The average molecular weight is 270 g/mol. The Morgan fingerprint density at radius 2 is 1.90 bits per heavy atom. The molecule has 7 nitrogen and oxygen atoms in total. The summed E-state index contributed by atoms with van der Waals surface area (Å²) in [6.45, 7) is 0. The summed E-state index contributed by atoms with van der Waals surface area (Å²) in [7, 11) is 0. The summed E-state index contributed by atoms with van der Waals surface area (Å²) >= 11 is 0. The lowest BCUT2D eigenvalue weighted by molar-refractivity contribution is -0.384. The molecule has 0 bridgehead atoms. The maximum Gasteiger partial charge on any atom is 0.269 e. The van der Waals surface area contributed by atoms with Crippen molar-refractivity contribution in [3.05, 3.63) is 63.8 Å². The van der Waals surface area contributed by atoms with Gasteiger partial charge in [0.15, 0.2) is 0 Å². The zero-order chi connectivity index (χ0) is 14.1. The third kappa shape index (κ3) is 2.05. The number of fused-ring (bicyclic) bond motifs is 1. The van der Waals surface area contributed by atoms with Gasteiger partial charge in [-0.3, -0.25) is 14.9 Å². The fourth-order valence-corrected chi connectivity index (χ4v) is 2.04. The number of amides is 1. The van der Waals surface area contributed by atoms with Gasteiger partial charge in [0.2, 0.25) is 0 Å². The molecule has 0 aliphatic carbocycles. The lowest BCUT2D eigenvalue weighted by Crippen LogP contribution is -2.38. The van der Waals surface area contributed by atoms with E-state index in [1.165, 1.54) is 12.1 Å². The van der Waals surface area contributed by atoms with Crippen molar-refractivity contribution in [1.29, 1.82) is 0 Å². The van der Waals surface area contributed by atoms with Crippen molar-refractivity contribution in [2.75, 3.05) is 5.32 Å². The van der Waals surface area contributed by atoms with Gasteiger partial charge in [-0.2, -0.15) is 0 Å². The molecule has 0 spiro atoms. The number of nitro groups is 1. The Labute approximate surface area is 113 Å². The standard InChI is InChI=1S/C13H10N4O3/c18-13-10-2-1-7-14-12(10)15-11(16-13)8-3-5-9(6-4-8)17(19)20/h1-7,11H,(H,14,15)(H,16,18)/t11-/m1/s1. The molecular weight excluding hydrogens is 260 g/mol. The molecule has 100 valence electrons. The first-order chi connectivity index (χ1) is 9.65. The number of carbonyl (C=O) groups is 1. The van der Waals surface area contributed by atoms with E-state index in [0.29, 0.717) is 11.4 Å². The highest BCUT2D eigenvalue weighted by Crippen LogP contribution is 2.25. The maximum absolute atomic E-state index is 11.9. The van der Waals surface area contributed by atoms with Crippen molar-refractivity contribution in [2.45, 2.75) is 6.17 Å². The zero-order valence-corrected chi connectivity index (χ0v) is 10.2. The van der Waals surface area contributed by atoms with Crippen molar-refractivity contribution in [3.8, 4) is 0 Å². The van der Waals surface area contributed by atoms with E-state index in [0.717, 1.165) is 5.56 Å². The van der Waals surface area contributed by atoms with Gasteiger partial charge < -0.3 is 10.6 Å². The van der Waals surface area contributed by atoms with Gasteiger partial charge in [-0.05, 0) is 29.8 Å². The molecule has 3 rings (SSSR count). The van der Waals surface area contributed by atoms with Gasteiger partial charge in [-0.25, -0.2) is 4.98 Å². The Kier molecular flexibility index (Phi) is 2.79. The Morgan fingerprint density at radius 3 is 2.60 bits per heavy atom. The van der Waals surface area contributed by atoms with E-state index in [1.54, 1.807) is 30.5 Å². The quantitative estimate of drug-likeness (QED) is 0.641. The van der Waals surface area contributed by atoms with Crippen LogP contribution in [0.15, 0.2) is 42.6 Å². The SMILES string of the molecule is O=C1N[C@H](c2ccc([N+](=O)[O-])cc2)Nc2ncccc21. The van der Waals surface area contributed by atoms with Crippen LogP contribution in [0.1, 0.15) is 22.1 Å². The van der Waals surface area contributed by atoms with Crippen LogP contribution in [0.5, 0.6) is 0 Å². The van der Waals surface area contributed by atoms with Crippen LogP contribution in [0, 0.1) is 10.1 Å². The summed E-state index contributed by atoms with van der Waals surface area (Å²) in [5.74, 6) is 0.273. The van der Waals surface area contributed by atoms with Crippen molar-refractivity contribution in [1.82, 2.24) is 10.3 Å². The minimum atomic E-state index is -0.465. The Balaban J connectivity index is 1.90. The molecule has 0 fully saturated rings. The highest BCUT2D eigenvalue weighted by atomic mass is 16.6. The predicted molar refractivity (Wildman–Crippen MR) is 71.2 cm³/mol. The summed E-state index contributed by atoms with van der Waals surface area (Å²) in [6.07, 6.45) is 1.14. The van der Waals surface area contributed by atoms with E-state index < -0.39 is 11.1 Å². The minimum Gasteiger partial charge on any atom is -0.346 e. The largest absolute Gasteiger partial charge is 0.346 e. The number of rotatable bonds is 2. The molecule has 0 saturated carbocycles. The Hall–Kier alpha value is -2.96. The van der Waals surface area contributed by atoms with E-state index in [-0.39, 0.29) is 11.6 Å². The molecule has 1 amide bonds. The molecule has 0 radical (unpaired) electrons. The van der Waals surface area contributed by atoms with Crippen LogP contribution in [0.25, 0.3) is 0 Å².